The van der Waals surface area contributed by atoms with Crippen molar-refractivity contribution in [1.29, 1.82) is 0 Å². The van der Waals surface area contributed by atoms with Gasteiger partial charge in [-0.3, -0.25) is 0 Å². The number of hydrogen-bond donors (Lipinski definition) is 1. The Hall–Kier alpha value is -2.46. The van der Waals surface area contributed by atoms with Crippen LogP contribution in [0, 0.1) is 19.8 Å². The Bertz CT molecular complexity index is 986. The van der Waals surface area contributed by atoms with E-state index in [2.05, 4.69) is 39.8 Å². The molecule has 0 bridgehead atoms. The maximum atomic E-state index is 12.9. The molecule has 0 radical (unpaired) electrons. The molecule has 4 heteroatoms. The monoisotopic (exact) mass is 394 g/mol. The van der Waals surface area contributed by atoms with Crippen molar-refractivity contribution in [3.63, 3.8) is 0 Å². The first-order valence-corrected chi connectivity index (χ1v) is 10.4. The number of hydrogen-bond acceptors (Lipinski definition) is 4. The third-order valence-corrected chi connectivity index (χ3v) is 6.29. The highest BCUT2D eigenvalue weighted by molar-refractivity contribution is 7.99. The summed E-state index contributed by atoms with van der Waals surface area (Å²) >= 11 is 1.63. The molecule has 0 fully saturated rings. The van der Waals surface area contributed by atoms with E-state index in [0.717, 1.165) is 16.9 Å². The number of aryl methyl sites for hydroxylation is 2. The Morgan fingerprint density at radius 2 is 1.64 bits per heavy atom. The highest BCUT2D eigenvalue weighted by Gasteiger charge is 2.25. The zero-order chi connectivity index (χ0) is 20.3. The lowest BCUT2D eigenvalue weighted by Gasteiger charge is -2.21. The summed E-state index contributed by atoms with van der Waals surface area (Å²) in [4.78, 5) is 14.0. The van der Waals surface area contributed by atoms with Gasteiger partial charge in [0.25, 0.3) is 0 Å². The van der Waals surface area contributed by atoms with Gasteiger partial charge in [-0.05, 0) is 37.3 Å². The Labute approximate surface area is 170 Å². The summed E-state index contributed by atoms with van der Waals surface area (Å²) in [7, 11) is 0. The first kappa shape index (κ1) is 20.3. The van der Waals surface area contributed by atoms with Crippen LogP contribution in [0.3, 0.4) is 0 Å². The van der Waals surface area contributed by atoms with Crippen LogP contribution in [-0.2, 0) is 0 Å². The minimum Gasteiger partial charge on any atom is -0.507 e. The molecule has 3 nitrogen and oxygen atoms in total. The van der Waals surface area contributed by atoms with Crippen molar-refractivity contribution in [2.24, 2.45) is 5.92 Å². The molecule has 0 spiro atoms. The Balaban J connectivity index is 2.04. The molecule has 1 aromatic heterocycles. The van der Waals surface area contributed by atoms with Crippen LogP contribution < -0.4 is 5.63 Å². The minimum absolute atomic E-state index is 0.000472. The van der Waals surface area contributed by atoms with Crippen LogP contribution in [0.25, 0.3) is 11.3 Å². The summed E-state index contributed by atoms with van der Waals surface area (Å²) in [6.45, 7) is 8.38. The van der Waals surface area contributed by atoms with E-state index in [1.165, 1.54) is 11.1 Å². The second kappa shape index (κ2) is 8.70. The van der Waals surface area contributed by atoms with Gasteiger partial charge in [0.15, 0.2) is 0 Å². The summed E-state index contributed by atoms with van der Waals surface area (Å²) in [5.74, 6) is 0.751. The topological polar surface area (TPSA) is 50.4 Å². The molecule has 1 N–H and O–H groups in total. The van der Waals surface area contributed by atoms with Crippen molar-refractivity contribution < 1.29 is 9.52 Å². The number of rotatable bonds is 6. The van der Waals surface area contributed by atoms with Crippen molar-refractivity contribution >= 4 is 11.8 Å². The van der Waals surface area contributed by atoms with Gasteiger partial charge in [0, 0.05) is 21.8 Å². The van der Waals surface area contributed by atoms with E-state index in [4.69, 9.17) is 4.42 Å². The molecular formula is C24H26O3S. The normalized spacial score (nSPS) is 12.3. The highest BCUT2D eigenvalue weighted by Crippen LogP contribution is 2.44. The molecule has 1 atom stereocenters. The van der Waals surface area contributed by atoms with E-state index in [1.54, 1.807) is 17.8 Å². The largest absolute Gasteiger partial charge is 0.507 e. The van der Waals surface area contributed by atoms with Crippen LogP contribution in [0.1, 0.15) is 42.2 Å². The van der Waals surface area contributed by atoms with Gasteiger partial charge in [-0.15, -0.1) is 11.8 Å². The molecule has 28 heavy (non-hydrogen) atoms. The Morgan fingerprint density at radius 1 is 1.00 bits per heavy atom. The molecular weight excluding hydrogens is 368 g/mol. The van der Waals surface area contributed by atoms with Gasteiger partial charge in [0.2, 0.25) is 0 Å². The average molecular weight is 395 g/mol. The zero-order valence-electron chi connectivity index (χ0n) is 16.7. The van der Waals surface area contributed by atoms with Gasteiger partial charge >= 0.3 is 5.63 Å². The first-order chi connectivity index (χ1) is 13.4. The lowest BCUT2D eigenvalue weighted by atomic mass is 10.0. The molecule has 0 aliphatic rings. The average Bonchev–Trinajstić information content (AvgIpc) is 2.64. The summed E-state index contributed by atoms with van der Waals surface area (Å²) in [6.07, 6.45) is 0.765. The molecule has 1 heterocycles. The quantitative estimate of drug-likeness (QED) is 0.484. The summed E-state index contributed by atoms with van der Waals surface area (Å²) < 4.78 is 5.61. The van der Waals surface area contributed by atoms with Crippen molar-refractivity contribution in [3.05, 3.63) is 81.7 Å². The third kappa shape index (κ3) is 4.50. The summed E-state index contributed by atoms with van der Waals surface area (Å²) in [6, 6.07) is 17.1. The molecule has 2 aromatic carbocycles. The fourth-order valence-electron chi connectivity index (χ4n) is 3.31. The SMILES string of the molecule is Cc1cccc(C)c1SC(CC(C)C)c1c(O)cc(-c2ccccc2)oc1=O. The van der Waals surface area contributed by atoms with Crippen LogP contribution in [0.5, 0.6) is 5.75 Å². The minimum atomic E-state index is -0.469. The first-order valence-electron chi connectivity index (χ1n) is 9.52. The van der Waals surface area contributed by atoms with E-state index in [0.29, 0.717) is 17.2 Å². The van der Waals surface area contributed by atoms with Gasteiger partial charge in [0.1, 0.15) is 11.5 Å². The predicted octanol–water partition coefficient (Wildman–Crippen LogP) is 6.51. The van der Waals surface area contributed by atoms with Crippen LogP contribution in [0.2, 0.25) is 0 Å². The Kier molecular flexibility index (Phi) is 6.30. The van der Waals surface area contributed by atoms with Crippen LogP contribution >= 0.6 is 11.8 Å². The van der Waals surface area contributed by atoms with Gasteiger partial charge in [0.05, 0.1) is 5.56 Å². The van der Waals surface area contributed by atoms with E-state index < -0.39 is 5.63 Å². The molecule has 0 amide bonds. The Morgan fingerprint density at radius 3 is 2.21 bits per heavy atom. The lowest BCUT2D eigenvalue weighted by molar-refractivity contribution is 0.433. The van der Waals surface area contributed by atoms with Gasteiger partial charge < -0.3 is 9.52 Å². The third-order valence-electron chi connectivity index (χ3n) is 4.70. The maximum Gasteiger partial charge on any atom is 0.344 e. The summed E-state index contributed by atoms with van der Waals surface area (Å²) in [5, 5.41) is 10.6. The zero-order valence-corrected chi connectivity index (χ0v) is 17.5. The second-order valence-corrected chi connectivity index (χ2v) is 8.73. The van der Waals surface area contributed by atoms with Gasteiger partial charge in [-0.2, -0.15) is 0 Å². The molecule has 3 rings (SSSR count). The number of thioether (sulfide) groups is 1. The number of benzene rings is 2. The van der Waals surface area contributed by atoms with Crippen molar-refractivity contribution in [1.82, 2.24) is 0 Å². The predicted molar refractivity (Wildman–Crippen MR) is 116 cm³/mol. The molecule has 1 unspecified atom stereocenters. The van der Waals surface area contributed by atoms with Crippen LogP contribution in [0.4, 0.5) is 0 Å². The summed E-state index contributed by atoms with van der Waals surface area (Å²) in [5.41, 5.74) is 2.99. The van der Waals surface area contributed by atoms with E-state index >= 15 is 0 Å². The van der Waals surface area contributed by atoms with E-state index in [9.17, 15) is 9.90 Å². The van der Waals surface area contributed by atoms with E-state index in [-0.39, 0.29) is 11.0 Å². The maximum absolute atomic E-state index is 12.9. The fraction of sp³-hybridized carbons (Fsp3) is 0.292. The van der Waals surface area contributed by atoms with Gasteiger partial charge in [-0.1, -0.05) is 62.4 Å². The highest BCUT2D eigenvalue weighted by atomic mass is 32.2. The van der Waals surface area contributed by atoms with E-state index in [1.807, 2.05) is 36.4 Å². The fourth-order valence-corrected chi connectivity index (χ4v) is 4.92. The second-order valence-electron chi connectivity index (χ2n) is 7.52. The molecule has 0 saturated carbocycles. The molecule has 0 aliphatic carbocycles. The molecule has 146 valence electrons. The standard InChI is InChI=1S/C24H26O3S/c1-15(2)13-21(28-23-16(3)9-8-10-17(23)4)22-19(25)14-20(27-24(22)26)18-11-6-5-7-12-18/h5-12,14-15,21,25H,13H2,1-4H3. The lowest BCUT2D eigenvalue weighted by Crippen LogP contribution is -2.13. The molecule has 0 saturated heterocycles. The van der Waals surface area contributed by atoms with Crippen molar-refractivity contribution in [2.75, 3.05) is 0 Å². The number of aromatic hydroxyl groups is 1. The van der Waals surface area contributed by atoms with Crippen LogP contribution in [0.15, 0.2) is 68.7 Å². The van der Waals surface area contributed by atoms with Crippen molar-refractivity contribution in [3.8, 4) is 17.1 Å². The molecule has 3 aromatic rings. The smallest absolute Gasteiger partial charge is 0.344 e. The van der Waals surface area contributed by atoms with Crippen LogP contribution in [-0.4, -0.2) is 5.11 Å². The van der Waals surface area contributed by atoms with Gasteiger partial charge in [-0.25, -0.2) is 4.79 Å². The molecule has 0 aliphatic heterocycles. The van der Waals surface area contributed by atoms with Crippen molar-refractivity contribution in [2.45, 2.75) is 44.3 Å².